The number of aliphatic hydroxyl groups is 2. The van der Waals surface area contributed by atoms with E-state index in [1.165, 1.54) is 11.8 Å². The summed E-state index contributed by atoms with van der Waals surface area (Å²) in [6, 6.07) is 0.140. The number of aliphatic hydroxyl groups excluding tert-OH is 2. The van der Waals surface area contributed by atoms with Crippen molar-refractivity contribution in [3.05, 3.63) is 0 Å². The highest BCUT2D eigenvalue weighted by molar-refractivity contribution is 7.99. The second-order valence-electron chi connectivity index (χ2n) is 5.16. The lowest BCUT2D eigenvalue weighted by molar-refractivity contribution is -0.121. The molecule has 4 N–H and O–H groups in total. The lowest BCUT2D eigenvalue weighted by atomic mass is 10.3. The van der Waals surface area contributed by atoms with Gasteiger partial charge in [0.25, 0.3) is 0 Å². The zero-order chi connectivity index (χ0) is 16.8. The topological polar surface area (TPSA) is 102 Å². The molecule has 0 aromatic carbocycles. The van der Waals surface area contributed by atoms with Gasteiger partial charge in [0.2, 0.25) is 11.8 Å². The van der Waals surface area contributed by atoms with Gasteiger partial charge in [-0.05, 0) is 13.8 Å². The number of carbonyl (C=O) groups is 2. The SMILES string of the molecule is CC(C)NC(=O)CCSCC(=O)NCCN(CCO)CCO. The molecular weight excluding hydrogens is 306 g/mol. The summed E-state index contributed by atoms with van der Waals surface area (Å²) in [4.78, 5) is 24.9. The average Bonchev–Trinajstić information content (AvgIpc) is 2.43. The second-order valence-corrected chi connectivity index (χ2v) is 6.27. The fraction of sp³-hybridized carbons (Fsp3) is 0.857. The van der Waals surface area contributed by atoms with Gasteiger partial charge in [-0.1, -0.05) is 0 Å². The molecule has 0 aromatic rings. The van der Waals surface area contributed by atoms with Gasteiger partial charge in [0, 0.05) is 44.4 Å². The van der Waals surface area contributed by atoms with Crippen LogP contribution >= 0.6 is 11.8 Å². The number of amides is 2. The standard InChI is InChI=1S/C14H29N3O4S/c1-12(2)16-13(20)3-10-22-11-14(21)15-4-5-17(6-8-18)7-9-19/h12,18-19H,3-11H2,1-2H3,(H,15,21)(H,16,20). The Labute approximate surface area is 136 Å². The Bertz CT molecular complexity index is 310. The van der Waals surface area contributed by atoms with Crippen molar-refractivity contribution in [3.63, 3.8) is 0 Å². The van der Waals surface area contributed by atoms with Crippen molar-refractivity contribution in [2.45, 2.75) is 26.3 Å². The molecule has 0 aromatic heterocycles. The van der Waals surface area contributed by atoms with Gasteiger partial charge in [0.1, 0.15) is 0 Å². The van der Waals surface area contributed by atoms with Gasteiger partial charge < -0.3 is 20.8 Å². The van der Waals surface area contributed by atoms with E-state index in [-0.39, 0.29) is 31.1 Å². The molecule has 130 valence electrons. The van der Waals surface area contributed by atoms with Gasteiger partial charge in [0.05, 0.1) is 19.0 Å². The number of hydrogen-bond acceptors (Lipinski definition) is 6. The molecule has 0 bridgehead atoms. The van der Waals surface area contributed by atoms with Gasteiger partial charge in [-0.3, -0.25) is 14.5 Å². The van der Waals surface area contributed by atoms with Crippen LogP contribution in [0.5, 0.6) is 0 Å². The van der Waals surface area contributed by atoms with E-state index in [0.29, 0.717) is 44.1 Å². The summed E-state index contributed by atoms with van der Waals surface area (Å²) in [7, 11) is 0. The molecule has 0 fully saturated rings. The maximum atomic E-state index is 11.6. The largest absolute Gasteiger partial charge is 0.395 e. The fourth-order valence-corrected chi connectivity index (χ4v) is 2.51. The zero-order valence-electron chi connectivity index (χ0n) is 13.5. The van der Waals surface area contributed by atoms with Crippen molar-refractivity contribution >= 4 is 23.6 Å². The van der Waals surface area contributed by atoms with Crippen molar-refractivity contribution in [2.24, 2.45) is 0 Å². The summed E-state index contributed by atoms with van der Waals surface area (Å²) >= 11 is 1.43. The van der Waals surface area contributed by atoms with Crippen molar-refractivity contribution in [2.75, 3.05) is 50.9 Å². The molecule has 0 rings (SSSR count). The number of nitrogens with zero attached hydrogens (tertiary/aromatic N) is 1. The van der Waals surface area contributed by atoms with Crippen LogP contribution in [0.2, 0.25) is 0 Å². The first-order valence-corrected chi connectivity index (χ1v) is 8.73. The van der Waals surface area contributed by atoms with Gasteiger partial charge in [-0.2, -0.15) is 11.8 Å². The van der Waals surface area contributed by atoms with Crippen molar-refractivity contribution < 1.29 is 19.8 Å². The molecule has 0 atom stereocenters. The van der Waals surface area contributed by atoms with Crippen LogP contribution in [-0.2, 0) is 9.59 Å². The van der Waals surface area contributed by atoms with E-state index in [0.717, 1.165) is 0 Å². The Kier molecular flexibility index (Phi) is 13.3. The van der Waals surface area contributed by atoms with E-state index in [1.54, 1.807) is 0 Å². The number of rotatable bonds is 13. The molecule has 0 aliphatic carbocycles. The Morgan fingerprint density at radius 2 is 1.73 bits per heavy atom. The van der Waals surface area contributed by atoms with Crippen LogP contribution in [-0.4, -0.2) is 83.9 Å². The van der Waals surface area contributed by atoms with E-state index in [1.807, 2.05) is 18.7 Å². The summed E-state index contributed by atoms with van der Waals surface area (Å²) in [5, 5.41) is 23.3. The summed E-state index contributed by atoms with van der Waals surface area (Å²) in [6.45, 7) is 5.92. The first kappa shape index (κ1) is 21.2. The summed E-state index contributed by atoms with van der Waals surface area (Å²) in [5.74, 6) is 0.885. The van der Waals surface area contributed by atoms with Crippen molar-refractivity contribution in [1.82, 2.24) is 15.5 Å². The lowest BCUT2D eigenvalue weighted by Crippen LogP contribution is -2.38. The maximum absolute atomic E-state index is 11.6. The van der Waals surface area contributed by atoms with Gasteiger partial charge in [-0.25, -0.2) is 0 Å². The van der Waals surface area contributed by atoms with Crippen LogP contribution in [0.1, 0.15) is 20.3 Å². The molecule has 0 saturated heterocycles. The summed E-state index contributed by atoms with van der Waals surface area (Å²) in [5.41, 5.74) is 0. The third-order valence-electron chi connectivity index (χ3n) is 2.74. The van der Waals surface area contributed by atoms with E-state index >= 15 is 0 Å². The number of carbonyl (C=O) groups excluding carboxylic acids is 2. The number of thioether (sulfide) groups is 1. The molecule has 7 nitrogen and oxygen atoms in total. The lowest BCUT2D eigenvalue weighted by Gasteiger charge is -2.20. The van der Waals surface area contributed by atoms with Crippen molar-refractivity contribution in [1.29, 1.82) is 0 Å². The molecule has 2 amide bonds. The van der Waals surface area contributed by atoms with E-state index in [4.69, 9.17) is 10.2 Å². The third kappa shape index (κ3) is 12.9. The number of hydrogen-bond donors (Lipinski definition) is 4. The van der Waals surface area contributed by atoms with Crippen LogP contribution in [0.15, 0.2) is 0 Å². The molecule has 0 radical (unpaired) electrons. The highest BCUT2D eigenvalue weighted by atomic mass is 32.2. The molecular formula is C14H29N3O4S. The van der Waals surface area contributed by atoms with Crippen LogP contribution in [0.3, 0.4) is 0 Å². The molecule has 0 heterocycles. The minimum atomic E-state index is -0.0674. The minimum absolute atomic E-state index is 0.00607. The fourth-order valence-electron chi connectivity index (χ4n) is 1.75. The summed E-state index contributed by atoms with van der Waals surface area (Å²) in [6.07, 6.45) is 0.414. The molecule has 0 unspecified atom stereocenters. The van der Waals surface area contributed by atoms with Crippen molar-refractivity contribution in [3.8, 4) is 0 Å². The predicted molar refractivity (Wildman–Crippen MR) is 88.8 cm³/mol. The Morgan fingerprint density at radius 3 is 2.27 bits per heavy atom. The normalized spacial score (nSPS) is 11.0. The molecule has 8 heteroatoms. The zero-order valence-corrected chi connectivity index (χ0v) is 14.3. The van der Waals surface area contributed by atoms with Crippen LogP contribution in [0.25, 0.3) is 0 Å². The predicted octanol–water partition coefficient (Wildman–Crippen LogP) is -0.963. The molecule has 0 aliphatic rings. The van der Waals surface area contributed by atoms with Crippen LogP contribution in [0.4, 0.5) is 0 Å². The second kappa shape index (κ2) is 13.8. The smallest absolute Gasteiger partial charge is 0.230 e. The van der Waals surface area contributed by atoms with Crippen LogP contribution in [0, 0.1) is 0 Å². The Morgan fingerprint density at radius 1 is 1.09 bits per heavy atom. The maximum Gasteiger partial charge on any atom is 0.230 e. The molecule has 0 spiro atoms. The Balaban J connectivity index is 3.63. The third-order valence-corrected chi connectivity index (χ3v) is 3.70. The van der Waals surface area contributed by atoms with Gasteiger partial charge in [0.15, 0.2) is 0 Å². The van der Waals surface area contributed by atoms with E-state index in [9.17, 15) is 9.59 Å². The first-order chi connectivity index (χ1) is 10.5. The molecule has 0 aliphatic heterocycles. The summed E-state index contributed by atoms with van der Waals surface area (Å²) < 4.78 is 0. The molecule has 22 heavy (non-hydrogen) atoms. The number of nitrogens with one attached hydrogen (secondary N) is 2. The quantitative estimate of drug-likeness (QED) is 0.323. The van der Waals surface area contributed by atoms with Gasteiger partial charge in [-0.15, -0.1) is 0 Å². The van der Waals surface area contributed by atoms with E-state index in [2.05, 4.69) is 10.6 Å². The first-order valence-electron chi connectivity index (χ1n) is 7.57. The van der Waals surface area contributed by atoms with Gasteiger partial charge >= 0.3 is 0 Å². The minimum Gasteiger partial charge on any atom is -0.395 e. The molecule has 0 saturated carbocycles. The highest BCUT2D eigenvalue weighted by Gasteiger charge is 2.07. The van der Waals surface area contributed by atoms with Crippen LogP contribution < -0.4 is 10.6 Å². The average molecular weight is 335 g/mol. The Hall–Kier alpha value is -0.830. The highest BCUT2D eigenvalue weighted by Crippen LogP contribution is 2.02. The monoisotopic (exact) mass is 335 g/mol. The van der Waals surface area contributed by atoms with E-state index < -0.39 is 0 Å².